The highest BCUT2D eigenvalue weighted by Gasteiger charge is 2.08. The van der Waals surface area contributed by atoms with Gasteiger partial charge in [0, 0.05) is 37.9 Å². The zero-order chi connectivity index (χ0) is 15.2. The SMILES string of the molecule is O=C(NCCn1ccnc1-c1ccccn1)c1ccccn1. The van der Waals surface area contributed by atoms with Crippen LogP contribution < -0.4 is 5.32 Å². The van der Waals surface area contributed by atoms with E-state index in [1.807, 2.05) is 29.0 Å². The molecule has 0 aliphatic heterocycles. The van der Waals surface area contributed by atoms with E-state index in [1.54, 1.807) is 36.8 Å². The van der Waals surface area contributed by atoms with E-state index in [-0.39, 0.29) is 5.91 Å². The summed E-state index contributed by atoms with van der Waals surface area (Å²) in [5.41, 5.74) is 1.22. The van der Waals surface area contributed by atoms with Gasteiger partial charge in [-0.05, 0) is 24.3 Å². The highest BCUT2D eigenvalue weighted by atomic mass is 16.1. The molecule has 6 nitrogen and oxygen atoms in total. The highest BCUT2D eigenvalue weighted by molar-refractivity contribution is 5.92. The summed E-state index contributed by atoms with van der Waals surface area (Å²) in [5.74, 6) is 0.604. The molecule has 110 valence electrons. The maximum Gasteiger partial charge on any atom is 0.269 e. The zero-order valence-electron chi connectivity index (χ0n) is 11.9. The summed E-state index contributed by atoms with van der Waals surface area (Å²) in [4.78, 5) is 24.5. The lowest BCUT2D eigenvalue weighted by Crippen LogP contribution is -2.27. The molecular weight excluding hydrogens is 278 g/mol. The van der Waals surface area contributed by atoms with Gasteiger partial charge in [0.2, 0.25) is 0 Å². The quantitative estimate of drug-likeness (QED) is 0.778. The van der Waals surface area contributed by atoms with Gasteiger partial charge in [-0.25, -0.2) is 4.98 Å². The molecule has 0 aromatic carbocycles. The summed E-state index contributed by atoms with van der Waals surface area (Å²) < 4.78 is 1.96. The fraction of sp³-hybridized carbons (Fsp3) is 0.125. The number of pyridine rings is 2. The van der Waals surface area contributed by atoms with Gasteiger partial charge in [0.05, 0.1) is 0 Å². The van der Waals surface area contributed by atoms with Gasteiger partial charge in [0.15, 0.2) is 5.82 Å². The first-order valence-corrected chi connectivity index (χ1v) is 6.96. The van der Waals surface area contributed by atoms with E-state index in [4.69, 9.17) is 0 Å². The third kappa shape index (κ3) is 3.17. The van der Waals surface area contributed by atoms with Gasteiger partial charge in [-0.15, -0.1) is 0 Å². The number of nitrogens with zero attached hydrogens (tertiary/aromatic N) is 4. The molecule has 3 heterocycles. The molecule has 3 rings (SSSR count). The van der Waals surface area contributed by atoms with Crippen molar-refractivity contribution in [2.45, 2.75) is 6.54 Å². The molecule has 1 N–H and O–H groups in total. The lowest BCUT2D eigenvalue weighted by Gasteiger charge is -2.08. The number of imidazole rings is 1. The Morgan fingerprint density at radius 1 is 1.00 bits per heavy atom. The van der Waals surface area contributed by atoms with Crippen LogP contribution in [0.5, 0.6) is 0 Å². The predicted molar refractivity (Wildman–Crippen MR) is 82.0 cm³/mol. The van der Waals surface area contributed by atoms with Crippen LogP contribution in [0.1, 0.15) is 10.5 Å². The van der Waals surface area contributed by atoms with E-state index in [0.29, 0.717) is 18.8 Å². The smallest absolute Gasteiger partial charge is 0.269 e. The molecule has 3 aromatic heterocycles. The fourth-order valence-electron chi connectivity index (χ4n) is 2.10. The maximum atomic E-state index is 11.9. The van der Waals surface area contributed by atoms with Gasteiger partial charge in [-0.2, -0.15) is 0 Å². The second-order valence-corrected chi connectivity index (χ2v) is 4.63. The Morgan fingerprint density at radius 3 is 2.55 bits per heavy atom. The number of carbonyl (C=O) groups excluding carboxylic acids is 1. The molecule has 0 aliphatic rings. The van der Waals surface area contributed by atoms with Crippen molar-refractivity contribution in [1.82, 2.24) is 24.8 Å². The maximum absolute atomic E-state index is 11.9. The van der Waals surface area contributed by atoms with E-state index in [9.17, 15) is 4.79 Å². The van der Waals surface area contributed by atoms with Crippen LogP contribution in [0.4, 0.5) is 0 Å². The molecule has 0 saturated heterocycles. The largest absolute Gasteiger partial charge is 0.349 e. The van der Waals surface area contributed by atoms with Crippen LogP contribution in [-0.4, -0.2) is 32.0 Å². The molecule has 22 heavy (non-hydrogen) atoms. The van der Waals surface area contributed by atoms with Crippen molar-refractivity contribution >= 4 is 5.91 Å². The van der Waals surface area contributed by atoms with Gasteiger partial charge in [0.1, 0.15) is 11.4 Å². The van der Waals surface area contributed by atoms with E-state index >= 15 is 0 Å². The van der Waals surface area contributed by atoms with E-state index in [1.165, 1.54) is 0 Å². The summed E-state index contributed by atoms with van der Waals surface area (Å²) >= 11 is 0. The van der Waals surface area contributed by atoms with Gasteiger partial charge in [-0.3, -0.25) is 14.8 Å². The second kappa shape index (κ2) is 6.62. The van der Waals surface area contributed by atoms with Crippen molar-refractivity contribution in [3.05, 3.63) is 66.9 Å². The number of hydrogen-bond acceptors (Lipinski definition) is 4. The molecule has 0 radical (unpaired) electrons. The predicted octanol–water partition coefficient (Wildman–Crippen LogP) is 1.77. The Balaban J connectivity index is 1.61. The minimum Gasteiger partial charge on any atom is -0.349 e. The average molecular weight is 293 g/mol. The Kier molecular flexibility index (Phi) is 4.20. The van der Waals surface area contributed by atoms with Crippen LogP contribution in [0.2, 0.25) is 0 Å². The monoisotopic (exact) mass is 293 g/mol. The van der Waals surface area contributed by atoms with Gasteiger partial charge in [0.25, 0.3) is 5.91 Å². The fourth-order valence-corrected chi connectivity index (χ4v) is 2.10. The van der Waals surface area contributed by atoms with Crippen LogP contribution in [0.3, 0.4) is 0 Å². The molecule has 6 heteroatoms. The molecule has 0 aliphatic carbocycles. The summed E-state index contributed by atoms with van der Waals surface area (Å²) in [6.07, 6.45) is 6.93. The van der Waals surface area contributed by atoms with Gasteiger partial charge >= 0.3 is 0 Å². The average Bonchev–Trinajstić information content (AvgIpc) is 3.05. The van der Waals surface area contributed by atoms with Crippen LogP contribution in [0.25, 0.3) is 11.5 Å². The van der Waals surface area contributed by atoms with Gasteiger partial charge < -0.3 is 9.88 Å². The molecule has 0 fully saturated rings. The molecule has 0 bridgehead atoms. The number of rotatable bonds is 5. The molecule has 0 saturated carbocycles. The third-order valence-corrected chi connectivity index (χ3v) is 3.15. The van der Waals surface area contributed by atoms with E-state index < -0.39 is 0 Å². The van der Waals surface area contributed by atoms with Crippen LogP contribution in [-0.2, 0) is 6.54 Å². The summed E-state index contributed by atoms with van der Waals surface area (Å²) in [7, 11) is 0. The Bertz CT molecular complexity index is 739. The van der Waals surface area contributed by atoms with Crippen LogP contribution in [0.15, 0.2) is 61.2 Å². The number of aromatic nitrogens is 4. The van der Waals surface area contributed by atoms with Crippen LogP contribution in [0, 0.1) is 0 Å². The minimum absolute atomic E-state index is 0.180. The Morgan fingerprint density at radius 2 is 1.82 bits per heavy atom. The molecule has 0 spiro atoms. The number of nitrogens with one attached hydrogen (secondary N) is 1. The Hall–Kier alpha value is -3.02. The molecule has 0 atom stereocenters. The topological polar surface area (TPSA) is 72.7 Å². The number of hydrogen-bond donors (Lipinski definition) is 1. The standard InChI is InChI=1S/C16H15N5O/c22-16(14-6-2-4-8-18-14)20-10-12-21-11-9-19-15(21)13-5-1-3-7-17-13/h1-9,11H,10,12H2,(H,20,22). The second-order valence-electron chi connectivity index (χ2n) is 4.63. The Labute approximate surface area is 127 Å². The van der Waals surface area contributed by atoms with Crippen molar-refractivity contribution in [2.24, 2.45) is 0 Å². The lowest BCUT2D eigenvalue weighted by atomic mass is 10.3. The lowest BCUT2D eigenvalue weighted by molar-refractivity contribution is 0.0947. The summed E-state index contributed by atoms with van der Waals surface area (Å²) in [5, 5.41) is 2.85. The van der Waals surface area contributed by atoms with E-state index in [0.717, 1.165) is 11.5 Å². The summed E-state index contributed by atoms with van der Waals surface area (Å²) in [6, 6.07) is 10.9. The zero-order valence-corrected chi connectivity index (χ0v) is 11.9. The molecule has 0 unspecified atom stereocenters. The number of carbonyl (C=O) groups is 1. The molecular formula is C16H15N5O. The third-order valence-electron chi connectivity index (χ3n) is 3.15. The van der Waals surface area contributed by atoms with Crippen molar-refractivity contribution in [3.8, 4) is 11.5 Å². The van der Waals surface area contributed by atoms with Crippen LogP contribution >= 0.6 is 0 Å². The van der Waals surface area contributed by atoms with Crippen molar-refractivity contribution in [3.63, 3.8) is 0 Å². The van der Waals surface area contributed by atoms with Crippen molar-refractivity contribution in [1.29, 1.82) is 0 Å². The molecule has 3 aromatic rings. The molecule has 1 amide bonds. The minimum atomic E-state index is -0.180. The van der Waals surface area contributed by atoms with Crippen molar-refractivity contribution in [2.75, 3.05) is 6.54 Å². The number of amides is 1. The van der Waals surface area contributed by atoms with Crippen molar-refractivity contribution < 1.29 is 4.79 Å². The highest BCUT2D eigenvalue weighted by Crippen LogP contribution is 2.13. The first-order chi connectivity index (χ1) is 10.8. The van der Waals surface area contributed by atoms with Gasteiger partial charge in [-0.1, -0.05) is 12.1 Å². The first kappa shape index (κ1) is 13.9. The summed E-state index contributed by atoms with van der Waals surface area (Å²) in [6.45, 7) is 1.11. The normalized spacial score (nSPS) is 10.4. The van der Waals surface area contributed by atoms with E-state index in [2.05, 4.69) is 20.3 Å². The first-order valence-electron chi connectivity index (χ1n) is 6.96.